The van der Waals surface area contributed by atoms with E-state index in [1.165, 1.54) is 4.31 Å². The third-order valence-electron chi connectivity index (χ3n) is 4.27. The lowest BCUT2D eigenvalue weighted by atomic mass is 10.2. The highest BCUT2D eigenvalue weighted by molar-refractivity contribution is 7.89. The second-order valence-corrected chi connectivity index (χ2v) is 7.94. The lowest BCUT2D eigenvalue weighted by Gasteiger charge is -2.26. The first kappa shape index (κ1) is 17.0. The van der Waals surface area contributed by atoms with Gasteiger partial charge in [-0.1, -0.05) is 24.3 Å². The van der Waals surface area contributed by atoms with E-state index in [9.17, 15) is 8.42 Å². The zero-order valence-corrected chi connectivity index (χ0v) is 14.9. The minimum Gasteiger partial charge on any atom is -0.424 e. The standard InChI is InChI=1S/C18H19N3O4S/c22-26(23,21-9-11-24-12-10-21)15-7-5-14(6-8-15)13-19-18-20-16-3-1-2-4-17(16)25-18/h1-8H,9-13H2,(H,19,20). The van der Waals surface area contributed by atoms with Gasteiger partial charge in [0.2, 0.25) is 10.0 Å². The number of aromatic nitrogens is 1. The molecule has 0 aliphatic carbocycles. The molecular weight excluding hydrogens is 354 g/mol. The molecule has 26 heavy (non-hydrogen) atoms. The normalized spacial score (nSPS) is 16.0. The van der Waals surface area contributed by atoms with Gasteiger partial charge in [0.05, 0.1) is 18.1 Å². The lowest BCUT2D eigenvalue weighted by molar-refractivity contribution is 0.0730. The number of sulfonamides is 1. The molecule has 1 fully saturated rings. The molecular formula is C18H19N3O4S. The Balaban J connectivity index is 1.44. The molecule has 2 heterocycles. The molecule has 7 nitrogen and oxygen atoms in total. The van der Waals surface area contributed by atoms with E-state index >= 15 is 0 Å². The molecule has 3 aromatic rings. The Hall–Kier alpha value is -2.42. The van der Waals surface area contributed by atoms with Crippen LogP contribution in [0.2, 0.25) is 0 Å². The number of benzene rings is 2. The number of nitrogens with zero attached hydrogens (tertiary/aromatic N) is 2. The minimum absolute atomic E-state index is 0.296. The average Bonchev–Trinajstić information content (AvgIpc) is 3.10. The van der Waals surface area contributed by atoms with Crippen molar-refractivity contribution in [3.63, 3.8) is 0 Å². The zero-order valence-electron chi connectivity index (χ0n) is 14.1. The molecule has 1 saturated heterocycles. The highest BCUT2D eigenvalue weighted by Gasteiger charge is 2.26. The second-order valence-electron chi connectivity index (χ2n) is 6.00. The molecule has 0 radical (unpaired) electrons. The molecule has 2 aromatic carbocycles. The van der Waals surface area contributed by atoms with Crippen LogP contribution in [0.25, 0.3) is 11.1 Å². The van der Waals surface area contributed by atoms with E-state index in [2.05, 4.69) is 10.3 Å². The Kier molecular flexibility index (Phi) is 4.62. The number of hydrogen-bond donors (Lipinski definition) is 1. The molecule has 0 saturated carbocycles. The fourth-order valence-electron chi connectivity index (χ4n) is 2.84. The Labute approximate surface area is 151 Å². The highest BCUT2D eigenvalue weighted by atomic mass is 32.2. The Bertz CT molecular complexity index is 960. The largest absolute Gasteiger partial charge is 0.424 e. The summed E-state index contributed by atoms with van der Waals surface area (Å²) >= 11 is 0. The van der Waals surface area contributed by atoms with Gasteiger partial charge in [0, 0.05) is 19.6 Å². The van der Waals surface area contributed by atoms with Crippen LogP contribution < -0.4 is 5.32 Å². The maximum absolute atomic E-state index is 12.6. The quantitative estimate of drug-likeness (QED) is 0.740. The van der Waals surface area contributed by atoms with Gasteiger partial charge in [0.25, 0.3) is 6.01 Å². The van der Waals surface area contributed by atoms with Crippen LogP contribution in [0.3, 0.4) is 0 Å². The van der Waals surface area contributed by atoms with E-state index in [1.807, 2.05) is 24.3 Å². The monoisotopic (exact) mass is 373 g/mol. The fraction of sp³-hybridized carbons (Fsp3) is 0.278. The number of ether oxygens (including phenoxy) is 1. The predicted octanol–water partition coefficient (Wildman–Crippen LogP) is 2.46. The van der Waals surface area contributed by atoms with Crippen molar-refractivity contribution >= 4 is 27.1 Å². The molecule has 0 atom stereocenters. The van der Waals surface area contributed by atoms with Gasteiger partial charge in [0.1, 0.15) is 5.52 Å². The number of oxazole rings is 1. The minimum atomic E-state index is -3.46. The molecule has 0 bridgehead atoms. The summed E-state index contributed by atoms with van der Waals surface area (Å²) in [7, 11) is -3.46. The van der Waals surface area contributed by atoms with Gasteiger partial charge in [-0.2, -0.15) is 9.29 Å². The summed E-state index contributed by atoms with van der Waals surface area (Å²) in [4.78, 5) is 4.65. The third-order valence-corrected chi connectivity index (χ3v) is 6.18. The van der Waals surface area contributed by atoms with Gasteiger partial charge in [-0.15, -0.1) is 0 Å². The maximum atomic E-state index is 12.6. The van der Waals surface area contributed by atoms with E-state index in [4.69, 9.17) is 9.15 Å². The van der Waals surface area contributed by atoms with E-state index in [0.29, 0.717) is 43.8 Å². The Morgan fingerprint density at radius 3 is 2.50 bits per heavy atom. The molecule has 0 unspecified atom stereocenters. The summed E-state index contributed by atoms with van der Waals surface area (Å²) in [5.41, 5.74) is 2.46. The van der Waals surface area contributed by atoms with Crippen molar-refractivity contribution < 1.29 is 17.6 Å². The van der Waals surface area contributed by atoms with E-state index in [0.717, 1.165) is 16.7 Å². The highest BCUT2D eigenvalue weighted by Crippen LogP contribution is 2.20. The number of rotatable bonds is 5. The zero-order chi connectivity index (χ0) is 18.0. The van der Waals surface area contributed by atoms with Gasteiger partial charge < -0.3 is 14.5 Å². The number of hydrogen-bond acceptors (Lipinski definition) is 6. The first-order valence-electron chi connectivity index (χ1n) is 8.39. The van der Waals surface area contributed by atoms with Crippen molar-refractivity contribution in [1.29, 1.82) is 0 Å². The van der Waals surface area contributed by atoms with E-state index in [1.54, 1.807) is 24.3 Å². The summed E-state index contributed by atoms with van der Waals surface area (Å²) in [6.07, 6.45) is 0. The van der Waals surface area contributed by atoms with Crippen molar-refractivity contribution in [1.82, 2.24) is 9.29 Å². The summed E-state index contributed by atoms with van der Waals surface area (Å²) < 4.78 is 37.5. The van der Waals surface area contributed by atoms with Crippen LogP contribution in [-0.2, 0) is 21.3 Å². The van der Waals surface area contributed by atoms with Gasteiger partial charge in [-0.25, -0.2) is 8.42 Å². The number of morpholine rings is 1. The fourth-order valence-corrected chi connectivity index (χ4v) is 4.25. The summed E-state index contributed by atoms with van der Waals surface area (Å²) in [6, 6.07) is 14.8. The molecule has 8 heteroatoms. The van der Waals surface area contributed by atoms with Crippen LogP contribution in [0.1, 0.15) is 5.56 Å². The Morgan fingerprint density at radius 2 is 1.77 bits per heavy atom. The maximum Gasteiger partial charge on any atom is 0.295 e. The first-order chi connectivity index (χ1) is 12.6. The van der Waals surface area contributed by atoms with E-state index in [-0.39, 0.29) is 0 Å². The summed E-state index contributed by atoms with van der Waals surface area (Å²) in [6.45, 7) is 2.15. The number of para-hydroxylation sites is 2. The van der Waals surface area contributed by atoms with Crippen molar-refractivity contribution in [3.8, 4) is 0 Å². The van der Waals surface area contributed by atoms with Crippen molar-refractivity contribution in [2.45, 2.75) is 11.4 Å². The number of nitrogens with one attached hydrogen (secondary N) is 1. The first-order valence-corrected chi connectivity index (χ1v) is 9.83. The third kappa shape index (κ3) is 3.44. The van der Waals surface area contributed by atoms with Crippen molar-refractivity contribution in [2.75, 3.05) is 31.6 Å². The summed E-state index contributed by atoms with van der Waals surface area (Å²) in [5, 5.41) is 3.12. The molecule has 4 rings (SSSR count). The van der Waals surface area contributed by atoms with Crippen LogP contribution in [0, 0.1) is 0 Å². The lowest BCUT2D eigenvalue weighted by Crippen LogP contribution is -2.40. The van der Waals surface area contributed by atoms with Crippen LogP contribution >= 0.6 is 0 Å². The smallest absolute Gasteiger partial charge is 0.295 e. The number of anilines is 1. The van der Waals surface area contributed by atoms with Crippen molar-refractivity contribution in [2.24, 2.45) is 0 Å². The van der Waals surface area contributed by atoms with Crippen molar-refractivity contribution in [3.05, 3.63) is 54.1 Å². The Morgan fingerprint density at radius 1 is 1.04 bits per heavy atom. The van der Waals surface area contributed by atoms with Crippen LogP contribution in [0.15, 0.2) is 57.8 Å². The average molecular weight is 373 g/mol. The molecule has 0 amide bonds. The molecule has 136 valence electrons. The SMILES string of the molecule is O=S(=O)(c1ccc(CNc2nc3ccccc3o2)cc1)N1CCOCC1. The number of fused-ring (bicyclic) bond motifs is 1. The van der Waals surface area contributed by atoms with Crippen LogP contribution in [0.4, 0.5) is 6.01 Å². The van der Waals surface area contributed by atoms with Gasteiger partial charge >= 0.3 is 0 Å². The predicted molar refractivity (Wildman–Crippen MR) is 97.4 cm³/mol. The molecule has 1 aromatic heterocycles. The second kappa shape index (κ2) is 7.06. The summed E-state index contributed by atoms with van der Waals surface area (Å²) in [5.74, 6) is 0. The molecule has 1 aliphatic heterocycles. The molecule has 0 spiro atoms. The van der Waals surface area contributed by atoms with E-state index < -0.39 is 10.0 Å². The van der Waals surface area contributed by atoms with Gasteiger partial charge in [-0.3, -0.25) is 0 Å². The van der Waals surface area contributed by atoms with Gasteiger partial charge in [0.15, 0.2) is 5.58 Å². The van der Waals surface area contributed by atoms with Crippen LogP contribution in [-0.4, -0.2) is 44.0 Å². The topological polar surface area (TPSA) is 84.7 Å². The molecule has 1 N–H and O–H groups in total. The molecule has 1 aliphatic rings. The van der Waals surface area contributed by atoms with Crippen LogP contribution in [0.5, 0.6) is 0 Å². The van der Waals surface area contributed by atoms with Gasteiger partial charge in [-0.05, 0) is 29.8 Å².